The lowest BCUT2D eigenvalue weighted by molar-refractivity contribution is -0.680. The van der Waals surface area contributed by atoms with Gasteiger partial charge in [0.05, 0.1) is 0 Å². The van der Waals surface area contributed by atoms with E-state index in [2.05, 4.69) is 20.8 Å². The molecule has 6 fully saturated rings. The molecule has 5 aliphatic carbocycles. The number of rotatable bonds is 3. The SMILES string of the molecule is Cn1nnnc1NCC1CCC2(CC1)OOC1(OO2)C2CC3CC(C2)CC1C3. The third kappa shape index (κ3) is 2.70. The molecule has 0 atom stereocenters. The molecular weight excluding hydrogens is 362 g/mol. The Bertz CT molecular complexity index is 692. The van der Waals surface area contributed by atoms with E-state index in [9.17, 15) is 0 Å². The van der Waals surface area contributed by atoms with E-state index in [1.165, 1.54) is 32.1 Å². The Hall–Kier alpha value is -1.29. The summed E-state index contributed by atoms with van der Waals surface area (Å²) in [4.78, 5) is 24.2. The van der Waals surface area contributed by atoms with Crippen LogP contribution < -0.4 is 5.32 Å². The predicted molar refractivity (Wildman–Crippen MR) is 96.1 cm³/mol. The van der Waals surface area contributed by atoms with Gasteiger partial charge < -0.3 is 5.32 Å². The molecule has 0 unspecified atom stereocenters. The summed E-state index contributed by atoms with van der Waals surface area (Å²) in [6.07, 6.45) is 9.67. The van der Waals surface area contributed by atoms with Crippen LogP contribution in [0, 0.1) is 29.6 Å². The van der Waals surface area contributed by atoms with Crippen molar-refractivity contribution in [1.82, 2.24) is 20.2 Å². The Morgan fingerprint density at radius 3 is 2.18 bits per heavy atom. The van der Waals surface area contributed by atoms with E-state index >= 15 is 0 Å². The third-order valence-electron chi connectivity index (χ3n) is 7.96. The molecule has 9 heteroatoms. The van der Waals surface area contributed by atoms with Gasteiger partial charge in [-0.1, -0.05) is 5.10 Å². The first-order valence-corrected chi connectivity index (χ1v) is 10.8. The molecule has 28 heavy (non-hydrogen) atoms. The summed E-state index contributed by atoms with van der Waals surface area (Å²) in [5.74, 6) is 2.35. The maximum atomic E-state index is 6.11. The van der Waals surface area contributed by atoms with Gasteiger partial charge in [-0.05, 0) is 73.1 Å². The van der Waals surface area contributed by atoms with Crippen molar-refractivity contribution < 1.29 is 19.6 Å². The van der Waals surface area contributed by atoms with E-state index in [4.69, 9.17) is 19.6 Å². The zero-order valence-electron chi connectivity index (χ0n) is 16.4. The summed E-state index contributed by atoms with van der Waals surface area (Å²) in [6, 6.07) is 0. The topological polar surface area (TPSA) is 92.6 Å². The highest BCUT2D eigenvalue weighted by atomic mass is 17.4. The molecule has 0 aromatic carbocycles. The van der Waals surface area contributed by atoms with Crippen LogP contribution in [0.2, 0.25) is 0 Å². The van der Waals surface area contributed by atoms with E-state index in [0.717, 1.165) is 44.1 Å². The largest absolute Gasteiger partial charge is 0.353 e. The maximum absolute atomic E-state index is 6.11. The van der Waals surface area contributed by atoms with Gasteiger partial charge in [0.15, 0.2) is 0 Å². The van der Waals surface area contributed by atoms with Gasteiger partial charge in [0.25, 0.3) is 0 Å². The molecule has 154 valence electrons. The lowest BCUT2D eigenvalue weighted by Gasteiger charge is -2.60. The molecule has 5 saturated carbocycles. The summed E-state index contributed by atoms with van der Waals surface area (Å²) < 4.78 is 1.64. The van der Waals surface area contributed by atoms with Crippen LogP contribution in [0.3, 0.4) is 0 Å². The van der Waals surface area contributed by atoms with Crippen LogP contribution in [0.25, 0.3) is 0 Å². The number of anilines is 1. The number of aryl methyl sites for hydroxylation is 1. The van der Waals surface area contributed by atoms with Crippen molar-refractivity contribution in [1.29, 1.82) is 0 Å². The first-order valence-electron chi connectivity index (χ1n) is 10.8. The van der Waals surface area contributed by atoms with Crippen LogP contribution in [0.5, 0.6) is 0 Å². The van der Waals surface area contributed by atoms with E-state index in [1.807, 2.05) is 7.05 Å². The average molecular weight is 391 g/mol. The third-order valence-corrected chi connectivity index (χ3v) is 7.96. The van der Waals surface area contributed by atoms with Crippen LogP contribution in [-0.2, 0) is 26.6 Å². The minimum Gasteiger partial charge on any atom is -0.353 e. The van der Waals surface area contributed by atoms with Gasteiger partial charge >= 0.3 is 0 Å². The zero-order valence-corrected chi connectivity index (χ0v) is 16.4. The highest BCUT2D eigenvalue weighted by Crippen LogP contribution is 2.61. The second-order valence-electron chi connectivity index (χ2n) is 9.72. The van der Waals surface area contributed by atoms with Crippen LogP contribution in [0.1, 0.15) is 57.8 Å². The molecule has 1 aliphatic heterocycles. The molecule has 0 radical (unpaired) electrons. The number of hydrogen-bond donors (Lipinski definition) is 1. The molecule has 6 aliphatic rings. The van der Waals surface area contributed by atoms with Gasteiger partial charge in [-0.2, -0.15) is 19.6 Å². The van der Waals surface area contributed by atoms with Crippen molar-refractivity contribution in [3.63, 3.8) is 0 Å². The standard InChI is InChI=1S/C19H29N5O4/c1-24-17(21-22-23-24)20-11-12-2-4-18(5-3-12)25-27-19(28-26-18)15-7-13-6-14(9-15)10-16(19)8-13/h12-16H,2-11H2,1H3,(H,20,21,23). The molecule has 7 rings (SSSR count). The summed E-state index contributed by atoms with van der Waals surface area (Å²) in [7, 11) is 1.83. The Morgan fingerprint density at radius 1 is 0.964 bits per heavy atom. The lowest BCUT2D eigenvalue weighted by atomic mass is 9.53. The van der Waals surface area contributed by atoms with Gasteiger partial charge in [-0.25, -0.2) is 4.68 Å². The van der Waals surface area contributed by atoms with Crippen molar-refractivity contribution >= 4 is 5.95 Å². The fourth-order valence-electron chi connectivity index (χ4n) is 6.53. The monoisotopic (exact) mass is 391 g/mol. The summed E-state index contributed by atoms with van der Waals surface area (Å²) in [5, 5.41) is 14.8. The zero-order chi connectivity index (χ0) is 18.8. The minimum atomic E-state index is -0.747. The van der Waals surface area contributed by atoms with Crippen LogP contribution >= 0.6 is 0 Å². The lowest BCUT2D eigenvalue weighted by Crippen LogP contribution is -2.64. The predicted octanol–water partition coefficient (Wildman–Crippen LogP) is 2.57. The fourth-order valence-corrected chi connectivity index (χ4v) is 6.53. The van der Waals surface area contributed by atoms with Gasteiger partial charge in [0.1, 0.15) is 0 Å². The molecule has 1 aromatic heterocycles. The van der Waals surface area contributed by atoms with Crippen molar-refractivity contribution in [2.24, 2.45) is 36.6 Å². The van der Waals surface area contributed by atoms with Gasteiger partial charge in [0, 0.05) is 38.3 Å². The van der Waals surface area contributed by atoms with Crippen LogP contribution in [0.15, 0.2) is 0 Å². The number of nitrogens with zero attached hydrogens (tertiary/aromatic N) is 4. The van der Waals surface area contributed by atoms with Crippen molar-refractivity contribution in [2.75, 3.05) is 11.9 Å². The molecule has 0 amide bonds. The molecule has 1 aromatic rings. The van der Waals surface area contributed by atoms with E-state index in [1.54, 1.807) is 4.68 Å². The van der Waals surface area contributed by atoms with Gasteiger partial charge in [0.2, 0.25) is 17.5 Å². The van der Waals surface area contributed by atoms with Crippen LogP contribution in [0.4, 0.5) is 5.95 Å². The Balaban J connectivity index is 1.05. The highest BCUT2D eigenvalue weighted by Gasteiger charge is 2.64. The number of hydrogen-bond acceptors (Lipinski definition) is 8. The van der Waals surface area contributed by atoms with Crippen LogP contribution in [-0.4, -0.2) is 38.3 Å². The van der Waals surface area contributed by atoms with E-state index in [0.29, 0.717) is 23.7 Å². The molecular formula is C19H29N5O4. The number of tetrazole rings is 1. The second-order valence-corrected chi connectivity index (χ2v) is 9.72. The molecule has 2 spiro atoms. The highest BCUT2D eigenvalue weighted by molar-refractivity contribution is 5.20. The summed E-state index contributed by atoms with van der Waals surface area (Å²) >= 11 is 0. The molecule has 1 N–H and O–H groups in total. The fraction of sp³-hybridized carbons (Fsp3) is 0.947. The summed E-state index contributed by atoms with van der Waals surface area (Å²) in [5.41, 5.74) is 0. The van der Waals surface area contributed by atoms with Crippen molar-refractivity contribution in [3.05, 3.63) is 0 Å². The number of nitrogens with one attached hydrogen (secondary N) is 1. The number of aromatic nitrogens is 4. The molecule has 4 bridgehead atoms. The Kier molecular flexibility index (Phi) is 3.98. The first-order chi connectivity index (χ1) is 13.6. The first kappa shape index (κ1) is 17.6. The van der Waals surface area contributed by atoms with Crippen molar-refractivity contribution in [2.45, 2.75) is 69.4 Å². The normalized spacial score (nSPS) is 47.1. The minimum absolute atomic E-state index is 0.418. The molecule has 2 heterocycles. The quantitative estimate of drug-likeness (QED) is 0.786. The smallest absolute Gasteiger partial charge is 0.242 e. The summed E-state index contributed by atoms with van der Waals surface area (Å²) in [6.45, 7) is 0.836. The maximum Gasteiger partial charge on any atom is 0.242 e. The van der Waals surface area contributed by atoms with Crippen molar-refractivity contribution in [3.8, 4) is 0 Å². The van der Waals surface area contributed by atoms with E-state index in [-0.39, 0.29) is 0 Å². The molecule has 1 saturated heterocycles. The van der Waals surface area contributed by atoms with Gasteiger partial charge in [-0.15, -0.1) is 0 Å². The molecule has 9 nitrogen and oxygen atoms in total. The average Bonchev–Trinajstić information content (AvgIpc) is 3.12. The Labute approximate surface area is 164 Å². The Morgan fingerprint density at radius 2 is 1.61 bits per heavy atom. The second kappa shape index (κ2) is 6.35. The van der Waals surface area contributed by atoms with E-state index < -0.39 is 11.6 Å². The van der Waals surface area contributed by atoms with Gasteiger partial charge in [-0.3, -0.25) is 0 Å².